The molecule has 0 heterocycles. The molecule has 0 atom stereocenters. The van der Waals surface area contributed by atoms with E-state index in [-0.39, 0.29) is 0 Å². The Bertz CT molecular complexity index is 477. The molecule has 2 rings (SSSR count). The van der Waals surface area contributed by atoms with Crippen molar-refractivity contribution in [3.8, 4) is 0 Å². The zero-order chi connectivity index (χ0) is 13.4. The summed E-state index contributed by atoms with van der Waals surface area (Å²) in [4.78, 5) is 11.8. The minimum absolute atomic E-state index is 0.415. The van der Waals surface area contributed by atoms with Crippen molar-refractivity contribution in [1.82, 2.24) is 0 Å². The van der Waals surface area contributed by atoms with Crippen LogP contribution in [-0.2, 0) is 0 Å². The number of Topliss-reactive ketones (excluding diaryl/α,β-unsaturated/α-hetero) is 1. The molecular formula is C12H9F5O. The van der Waals surface area contributed by atoms with Crippen LogP contribution >= 0.6 is 0 Å². The molecule has 0 bridgehead atoms. The topological polar surface area (TPSA) is 17.1 Å². The monoisotopic (exact) mass is 264 g/mol. The van der Waals surface area contributed by atoms with Gasteiger partial charge < -0.3 is 0 Å². The number of carbonyl (C=O) groups is 1. The van der Waals surface area contributed by atoms with Gasteiger partial charge in [0.1, 0.15) is 0 Å². The number of ketones is 1. The zero-order valence-electron chi connectivity index (χ0n) is 9.20. The maximum absolute atomic E-state index is 13.4. The molecule has 0 spiro atoms. The lowest BCUT2D eigenvalue weighted by Gasteiger charge is -2.11. The SMILES string of the molecule is O=C(c1c(F)c(F)c(F)c(F)c1F)C1CCCC1. The standard InChI is InChI=1S/C12H9F5O/c13-7-6(12(18)5-3-1-2-4-5)8(14)10(16)11(17)9(7)15/h5H,1-4H2. The number of carbonyl (C=O) groups excluding carboxylic acids is 1. The highest BCUT2D eigenvalue weighted by Gasteiger charge is 2.33. The van der Waals surface area contributed by atoms with E-state index in [0.717, 1.165) is 0 Å². The van der Waals surface area contributed by atoms with Gasteiger partial charge in [-0.2, -0.15) is 0 Å². The summed E-state index contributed by atoms with van der Waals surface area (Å²) in [7, 11) is 0. The van der Waals surface area contributed by atoms with Crippen molar-refractivity contribution in [3.63, 3.8) is 0 Å². The number of rotatable bonds is 2. The zero-order valence-corrected chi connectivity index (χ0v) is 9.20. The lowest BCUT2D eigenvalue weighted by molar-refractivity contribution is 0.0911. The van der Waals surface area contributed by atoms with Gasteiger partial charge in [0.2, 0.25) is 5.82 Å². The largest absolute Gasteiger partial charge is 0.294 e. The highest BCUT2D eigenvalue weighted by molar-refractivity contribution is 5.98. The van der Waals surface area contributed by atoms with Crippen molar-refractivity contribution in [3.05, 3.63) is 34.6 Å². The third-order valence-corrected chi connectivity index (χ3v) is 3.18. The molecule has 1 aliphatic carbocycles. The normalized spacial score (nSPS) is 16.3. The molecule has 0 unspecified atom stereocenters. The first-order valence-corrected chi connectivity index (χ1v) is 5.50. The van der Waals surface area contributed by atoms with E-state index in [4.69, 9.17) is 0 Å². The summed E-state index contributed by atoms with van der Waals surface area (Å²) in [6, 6.07) is 0. The molecule has 18 heavy (non-hydrogen) atoms. The van der Waals surface area contributed by atoms with Crippen LogP contribution in [0.1, 0.15) is 36.0 Å². The number of hydrogen-bond acceptors (Lipinski definition) is 1. The van der Waals surface area contributed by atoms with E-state index in [1.165, 1.54) is 0 Å². The number of hydrogen-bond donors (Lipinski definition) is 0. The third kappa shape index (κ3) is 1.89. The van der Waals surface area contributed by atoms with Crippen molar-refractivity contribution < 1.29 is 26.7 Å². The predicted octanol–water partition coefficient (Wildman–Crippen LogP) is 3.76. The summed E-state index contributed by atoms with van der Waals surface area (Å²) in [5.74, 6) is -12.1. The highest BCUT2D eigenvalue weighted by atomic mass is 19.2. The van der Waals surface area contributed by atoms with Gasteiger partial charge in [0.15, 0.2) is 29.1 Å². The second-order valence-electron chi connectivity index (χ2n) is 4.29. The molecular weight excluding hydrogens is 255 g/mol. The Balaban J connectivity index is 2.53. The summed E-state index contributed by atoms with van der Waals surface area (Å²) in [5, 5.41) is 0. The summed E-state index contributed by atoms with van der Waals surface area (Å²) in [6.45, 7) is 0. The van der Waals surface area contributed by atoms with Crippen LogP contribution in [0.4, 0.5) is 22.0 Å². The summed E-state index contributed by atoms with van der Waals surface area (Å²) in [5.41, 5.74) is -1.31. The van der Waals surface area contributed by atoms with Gasteiger partial charge in [0.05, 0.1) is 5.56 Å². The lowest BCUT2D eigenvalue weighted by atomic mass is 9.95. The van der Waals surface area contributed by atoms with Crippen molar-refractivity contribution >= 4 is 5.78 Å². The minimum atomic E-state index is -2.24. The molecule has 0 radical (unpaired) electrons. The summed E-state index contributed by atoms with van der Waals surface area (Å²) < 4.78 is 65.4. The number of halogens is 5. The van der Waals surface area contributed by atoms with Crippen LogP contribution in [0.3, 0.4) is 0 Å². The average molecular weight is 264 g/mol. The van der Waals surface area contributed by atoms with E-state index in [1.807, 2.05) is 0 Å². The van der Waals surface area contributed by atoms with Crippen LogP contribution in [0.25, 0.3) is 0 Å². The lowest BCUT2D eigenvalue weighted by Crippen LogP contribution is -2.18. The van der Waals surface area contributed by atoms with E-state index in [0.29, 0.717) is 25.7 Å². The fourth-order valence-corrected chi connectivity index (χ4v) is 2.21. The van der Waals surface area contributed by atoms with Crippen molar-refractivity contribution in [1.29, 1.82) is 0 Å². The fourth-order valence-electron chi connectivity index (χ4n) is 2.21. The molecule has 1 saturated carbocycles. The van der Waals surface area contributed by atoms with Crippen molar-refractivity contribution in [2.45, 2.75) is 25.7 Å². The smallest absolute Gasteiger partial charge is 0.200 e. The fraction of sp³-hybridized carbons (Fsp3) is 0.417. The third-order valence-electron chi connectivity index (χ3n) is 3.18. The van der Waals surface area contributed by atoms with E-state index < -0.39 is 46.4 Å². The van der Waals surface area contributed by atoms with E-state index >= 15 is 0 Å². The molecule has 0 aromatic heterocycles. The summed E-state index contributed by atoms with van der Waals surface area (Å²) in [6.07, 6.45) is 2.26. The average Bonchev–Trinajstić information content (AvgIpc) is 2.88. The van der Waals surface area contributed by atoms with Crippen LogP contribution in [0.15, 0.2) is 0 Å². The first kappa shape index (κ1) is 13.0. The number of benzene rings is 1. The Morgan fingerprint density at radius 1 is 0.778 bits per heavy atom. The maximum Gasteiger partial charge on any atom is 0.200 e. The highest BCUT2D eigenvalue weighted by Crippen LogP contribution is 2.31. The molecule has 1 aromatic rings. The molecule has 0 aliphatic heterocycles. The molecule has 1 nitrogen and oxygen atoms in total. The predicted molar refractivity (Wildman–Crippen MR) is 52.5 cm³/mol. The molecule has 98 valence electrons. The van der Waals surface area contributed by atoms with Crippen molar-refractivity contribution in [2.24, 2.45) is 5.92 Å². The first-order chi connectivity index (χ1) is 8.45. The van der Waals surface area contributed by atoms with Crippen LogP contribution in [0.5, 0.6) is 0 Å². The van der Waals surface area contributed by atoms with Gasteiger partial charge in [-0.3, -0.25) is 4.79 Å². The van der Waals surface area contributed by atoms with Crippen LogP contribution in [-0.4, -0.2) is 5.78 Å². The van der Waals surface area contributed by atoms with E-state index in [2.05, 4.69) is 0 Å². The minimum Gasteiger partial charge on any atom is -0.294 e. The van der Waals surface area contributed by atoms with Gasteiger partial charge in [0.25, 0.3) is 0 Å². The van der Waals surface area contributed by atoms with Crippen molar-refractivity contribution in [2.75, 3.05) is 0 Å². The van der Waals surface area contributed by atoms with E-state index in [9.17, 15) is 26.7 Å². The molecule has 0 saturated heterocycles. The first-order valence-electron chi connectivity index (χ1n) is 5.50. The van der Waals surface area contributed by atoms with Gasteiger partial charge >= 0.3 is 0 Å². The molecule has 1 aromatic carbocycles. The van der Waals surface area contributed by atoms with E-state index in [1.54, 1.807) is 0 Å². The Hall–Kier alpha value is -1.46. The van der Waals surface area contributed by atoms with Gasteiger partial charge in [-0.05, 0) is 12.8 Å². The second kappa shape index (κ2) is 4.66. The second-order valence-corrected chi connectivity index (χ2v) is 4.29. The van der Waals surface area contributed by atoms with Gasteiger partial charge in [0, 0.05) is 5.92 Å². The van der Waals surface area contributed by atoms with Crippen LogP contribution in [0.2, 0.25) is 0 Å². The van der Waals surface area contributed by atoms with Crippen LogP contribution < -0.4 is 0 Å². The molecule has 6 heteroatoms. The Labute approximate surface area is 99.6 Å². The quantitative estimate of drug-likeness (QED) is 0.344. The molecule has 0 amide bonds. The van der Waals surface area contributed by atoms with Crippen LogP contribution in [0, 0.1) is 35.0 Å². The van der Waals surface area contributed by atoms with Gasteiger partial charge in [-0.1, -0.05) is 12.8 Å². The van der Waals surface area contributed by atoms with Gasteiger partial charge in [-0.25, -0.2) is 22.0 Å². The van der Waals surface area contributed by atoms with Gasteiger partial charge in [-0.15, -0.1) is 0 Å². The summed E-state index contributed by atoms with van der Waals surface area (Å²) >= 11 is 0. The Kier molecular flexibility index (Phi) is 3.36. The molecule has 1 fully saturated rings. The molecule has 1 aliphatic rings. The Morgan fingerprint density at radius 2 is 1.17 bits per heavy atom. The molecule has 0 N–H and O–H groups in total. The maximum atomic E-state index is 13.4. The Morgan fingerprint density at radius 3 is 1.61 bits per heavy atom.